The Morgan fingerprint density at radius 1 is 1.17 bits per heavy atom. The highest BCUT2D eigenvalue weighted by Crippen LogP contribution is 2.26. The smallest absolute Gasteiger partial charge is 0.336 e. The highest BCUT2D eigenvalue weighted by atomic mass is 32.2. The van der Waals surface area contributed by atoms with Crippen molar-refractivity contribution in [2.45, 2.75) is 4.90 Å². The van der Waals surface area contributed by atoms with Gasteiger partial charge in [0.1, 0.15) is 5.82 Å². The molecule has 2 aromatic carbocycles. The normalized spacial score (nSPS) is 10.3. The van der Waals surface area contributed by atoms with Crippen LogP contribution in [0.4, 0.5) is 4.39 Å². The van der Waals surface area contributed by atoms with Crippen LogP contribution in [-0.4, -0.2) is 17.3 Å². The molecule has 2 rings (SSSR count). The summed E-state index contributed by atoms with van der Waals surface area (Å²) in [6, 6.07) is 11.3. The Morgan fingerprint density at radius 3 is 2.39 bits per heavy atom. The number of aromatic carboxylic acids is 1. The Labute approximate surface area is 108 Å². The van der Waals surface area contributed by atoms with Crippen molar-refractivity contribution in [1.29, 1.82) is 0 Å². The summed E-state index contributed by atoms with van der Waals surface area (Å²) in [4.78, 5) is 12.2. The zero-order chi connectivity index (χ0) is 13.1. The van der Waals surface area contributed by atoms with Crippen LogP contribution >= 0.6 is 11.8 Å². The molecule has 0 aliphatic heterocycles. The monoisotopic (exact) mass is 262 g/mol. The summed E-state index contributed by atoms with van der Waals surface area (Å²) in [5.41, 5.74) is 1.27. The van der Waals surface area contributed by atoms with Gasteiger partial charge in [-0.05, 0) is 41.6 Å². The van der Waals surface area contributed by atoms with Crippen molar-refractivity contribution < 1.29 is 14.3 Å². The lowest BCUT2D eigenvalue weighted by Gasteiger charge is -2.07. The molecule has 0 saturated heterocycles. The van der Waals surface area contributed by atoms with E-state index in [4.69, 9.17) is 5.11 Å². The summed E-state index contributed by atoms with van der Waals surface area (Å²) >= 11 is 1.61. The molecule has 0 spiro atoms. The lowest BCUT2D eigenvalue weighted by Crippen LogP contribution is -2.00. The van der Waals surface area contributed by atoms with E-state index in [0.717, 1.165) is 16.5 Å². The number of hydrogen-bond donors (Lipinski definition) is 1. The van der Waals surface area contributed by atoms with Crippen molar-refractivity contribution in [2.75, 3.05) is 6.26 Å². The number of carbonyl (C=O) groups is 1. The SMILES string of the molecule is CSc1ccc(-c2ccc(F)cc2C(=O)O)cc1. The Morgan fingerprint density at radius 2 is 1.83 bits per heavy atom. The van der Waals surface area contributed by atoms with Gasteiger partial charge in [-0.25, -0.2) is 9.18 Å². The molecule has 0 aromatic heterocycles. The number of thioether (sulfide) groups is 1. The Kier molecular flexibility index (Phi) is 3.67. The molecule has 4 heteroatoms. The zero-order valence-corrected chi connectivity index (χ0v) is 10.5. The molecule has 0 fully saturated rings. The van der Waals surface area contributed by atoms with Crippen LogP contribution < -0.4 is 0 Å². The Bertz CT molecular complexity index is 579. The van der Waals surface area contributed by atoms with Gasteiger partial charge >= 0.3 is 5.97 Å². The quantitative estimate of drug-likeness (QED) is 0.852. The van der Waals surface area contributed by atoms with Gasteiger partial charge in [-0.15, -0.1) is 11.8 Å². The fourth-order valence-corrected chi connectivity index (χ4v) is 2.12. The van der Waals surface area contributed by atoms with E-state index in [0.29, 0.717) is 5.56 Å². The third-order valence-electron chi connectivity index (χ3n) is 2.61. The van der Waals surface area contributed by atoms with E-state index in [-0.39, 0.29) is 5.56 Å². The highest BCUT2D eigenvalue weighted by Gasteiger charge is 2.12. The summed E-state index contributed by atoms with van der Waals surface area (Å²) in [6.45, 7) is 0. The standard InChI is InChI=1S/C14H11FO2S/c1-18-11-5-2-9(3-6-11)12-7-4-10(15)8-13(12)14(16)17/h2-8H,1H3,(H,16,17). The van der Waals surface area contributed by atoms with Crippen LogP contribution in [0.25, 0.3) is 11.1 Å². The van der Waals surface area contributed by atoms with E-state index in [2.05, 4.69) is 0 Å². The Balaban J connectivity index is 2.52. The van der Waals surface area contributed by atoms with Crippen molar-refractivity contribution in [3.8, 4) is 11.1 Å². The highest BCUT2D eigenvalue weighted by molar-refractivity contribution is 7.98. The second kappa shape index (κ2) is 5.23. The van der Waals surface area contributed by atoms with Crippen molar-refractivity contribution in [1.82, 2.24) is 0 Å². The summed E-state index contributed by atoms with van der Waals surface area (Å²) in [6.07, 6.45) is 1.97. The molecule has 0 radical (unpaired) electrons. The first kappa shape index (κ1) is 12.6. The van der Waals surface area contributed by atoms with E-state index in [1.165, 1.54) is 12.1 Å². The molecule has 0 heterocycles. The second-order valence-electron chi connectivity index (χ2n) is 3.72. The maximum atomic E-state index is 13.1. The van der Waals surface area contributed by atoms with Gasteiger partial charge in [0.2, 0.25) is 0 Å². The van der Waals surface area contributed by atoms with Crippen molar-refractivity contribution in [3.63, 3.8) is 0 Å². The number of benzene rings is 2. The van der Waals surface area contributed by atoms with Gasteiger partial charge in [-0.1, -0.05) is 18.2 Å². The molecule has 0 saturated carbocycles. The van der Waals surface area contributed by atoms with Crippen molar-refractivity contribution >= 4 is 17.7 Å². The summed E-state index contributed by atoms with van der Waals surface area (Å²) in [7, 11) is 0. The first-order valence-electron chi connectivity index (χ1n) is 5.29. The predicted molar refractivity (Wildman–Crippen MR) is 70.6 cm³/mol. The van der Waals surface area contributed by atoms with E-state index in [1.54, 1.807) is 11.8 Å². The summed E-state index contributed by atoms with van der Waals surface area (Å²) in [5, 5.41) is 9.08. The number of halogens is 1. The van der Waals surface area contributed by atoms with Gasteiger partial charge in [0.05, 0.1) is 5.56 Å². The predicted octanol–water partition coefficient (Wildman–Crippen LogP) is 3.91. The molecule has 0 atom stereocenters. The fourth-order valence-electron chi connectivity index (χ4n) is 1.72. The van der Waals surface area contributed by atoms with E-state index in [9.17, 15) is 9.18 Å². The van der Waals surface area contributed by atoms with Gasteiger partial charge in [0.25, 0.3) is 0 Å². The molecule has 0 aliphatic rings. The first-order valence-corrected chi connectivity index (χ1v) is 6.51. The minimum absolute atomic E-state index is 0.0214. The lowest BCUT2D eigenvalue weighted by atomic mass is 10.00. The Hall–Kier alpha value is -1.81. The van der Waals surface area contributed by atoms with E-state index in [1.807, 2.05) is 30.5 Å². The van der Waals surface area contributed by atoms with E-state index < -0.39 is 11.8 Å². The minimum atomic E-state index is -1.13. The van der Waals surface area contributed by atoms with Gasteiger partial charge in [0, 0.05) is 4.90 Å². The maximum Gasteiger partial charge on any atom is 0.336 e. The molecule has 0 unspecified atom stereocenters. The van der Waals surface area contributed by atoms with Crippen LogP contribution in [0.3, 0.4) is 0 Å². The minimum Gasteiger partial charge on any atom is -0.478 e. The molecule has 0 bridgehead atoms. The molecule has 2 aromatic rings. The summed E-state index contributed by atoms with van der Waals surface area (Å²) in [5.74, 6) is -1.67. The zero-order valence-electron chi connectivity index (χ0n) is 9.68. The first-order chi connectivity index (χ1) is 8.61. The van der Waals surface area contributed by atoms with Crippen LogP contribution in [0.5, 0.6) is 0 Å². The average Bonchev–Trinajstić information content (AvgIpc) is 2.39. The van der Waals surface area contributed by atoms with Gasteiger partial charge < -0.3 is 5.11 Å². The average molecular weight is 262 g/mol. The van der Waals surface area contributed by atoms with Crippen molar-refractivity contribution in [3.05, 3.63) is 53.8 Å². The van der Waals surface area contributed by atoms with Crippen molar-refractivity contribution in [2.24, 2.45) is 0 Å². The topological polar surface area (TPSA) is 37.3 Å². The second-order valence-corrected chi connectivity index (χ2v) is 4.60. The van der Waals surface area contributed by atoms with Gasteiger partial charge in [-0.2, -0.15) is 0 Å². The fraction of sp³-hybridized carbons (Fsp3) is 0.0714. The molecular weight excluding hydrogens is 251 g/mol. The number of rotatable bonds is 3. The maximum absolute atomic E-state index is 13.1. The van der Waals surface area contributed by atoms with Crippen LogP contribution in [0.15, 0.2) is 47.4 Å². The van der Waals surface area contributed by atoms with Gasteiger partial charge in [0.15, 0.2) is 0 Å². The van der Waals surface area contributed by atoms with Crippen LogP contribution in [0.1, 0.15) is 10.4 Å². The number of carboxylic acid groups (broad SMARTS) is 1. The molecule has 2 nitrogen and oxygen atoms in total. The molecule has 92 valence electrons. The molecule has 18 heavy (non-hydrogen) atoms. The molecular formula is C14H11FO2S. The number of hydrogen-bond acceptors (Lipinski definition) is 2. The largest absolute Gasteiger partial charge is 0.478 e. The third-order valence-corrected chi connectivity index (χ3v) is 3.36. The molecule has 1 N–H and O–H groups in total. The van der Waals surface area contributed by atoms with E-state index >= 15 is 0 Å². The number of carboxylic acids is 1. The third kappa shape index (κ3) is 2.54. The van der Waals surface area contributed by atoms with Crippen LogP contribution in [0.2, 0.25) is 0 Å². The lowest BCUT2D eigenvalue weighted by molar-refractivity contribution is 0.0697. The van der Waals surface area contributed by atoms with Gasteiger partial charge in [-0.3, -0.25) is 0 Å². The molecule has 0 aliphatic carbocycles. The summed E-state index contributed by atoms with van der Waals surface area (Å²) < 4.78 is 13.1. The van der Waals surface area contributed by atoms with Crippen LogP contribution in [-0.2, 0) is 0 Å². The molecule has 0 amide bonds. The van der Waals surface area contributed by atoms with Crippen LogP contribution in [0, 0.1) is 5.82 Å².